The number of rotatable bonds is 8. The first-order valence-electron chi connectivity index (χ1n) is 9.17. The average molecular weight is 368 g/mol. The number of aromatic nitrogens is 3. The first-order valence-corrected chi connectivity index (χ1v) is 9.17. The van der Waals surface area contributed by atoms with Crippen molar-refractivity contribution in [3.05, 3.63) is 65.7 Å². The van der Waals surface area contributed by atoms with Crippen molar-refractivity contribution in [1.82, 2.24) is 14.8 Å². The lowest BCUT2D eigenvalue weighted by atomic mass is 10.1. The number of halogens is 1. The van der Waals surface area contributed by atoms with E-state index in [1.165, 1.54) is 12.1 Å². The van der Waals surface area contributed by atoms with Crippen LogP contribution in [0.25, 0.3) is 11.3 Å². The molecule has 0 aliphatic carbocycles. The molecule has 0 radical (unpaired) electrons. The molecule has 142 valence electrons. The quantitative estimate of drug-likeness (QED) is 0.572. The normalized spacial score (nSPS) is 12.1. The number of nitrogens with zero attached hydrogens (tertiary/aromatic N) is 3. The molecule has 3 rings (SSSR count). The summed E-state index contributed by atoms with van der Waals surface area (Å²) in [7, 11) is 0. The number of aryl methyl sites for hydroxylation is 1. The van der Waals surface area contributed by atoms with Gasteiger partial charge in [0.25, 0.3) is 0 Å². The Bertz CT molecular complexity index is 876. The van der Waals surface area contributed by atoms with Crippen LogP contribution in [0.15, 0.2) is 48.7 Å². The Hall–Kier alpha value is -2.73. The molecule has 2 aromatic heterocycles. The molecule has 0 aliphatic heterocycles. The van der Waals surface area contributed by atoms with Crippen molar-refractivity contribution in [1.29, 1.82) is 0 Å². The number of anilines is 1. The van der Waals surface area contributed by atoms with Crippen molar-refractivity contribution in [3.63, 3.8) is 0 Å². The Morgan fingerprint density at radius 1 is 1.19 bits per heavy atom. The van der Waals surface area contributed by atoms with Crippen LogP contribution in [0.4, 0.5) is 10.2 Å². The van der Waals surface area contributed by atoms with Crippen LogP contribution in [0.5, 0.6) is 0 Å². The summed E-state index contributed by atoms with van der Waals surface area (Å²) in [5.74, 6) is 0.527. The van der Waals surface area contributed by atoms with Gasteiger partial charge in [0.2, 0.25) is 0 Å². The molecule has 0 saturated heterocycles. The third-order valence-electron chi connectivity index (χ3n) is 4.20. The van der Waals surface area contributed by atoms with E-state index in [4.69, 9.17) is 4.74 Å². The summed E-state index contributed by atoms with van der Waals surface area (Å²) in [6.45, 7) is 7.23. The second kappa shape index (κ2) is 8.77. The molecule has 2 heterocycles. The van der Waals surface area contributed by atoms with Gasteiger partial charge >= 0.3 is 0 Å². The van der Waals surface area contributed by atoms with Crippen molar-refractivity contribution < 1.29 is 9.13 Å². The molecule has 0 fully saturated rings. The zero-order valence-corrected chi connectivity index (χ0v) is 15.9. The van der Waals surface area contributed by atoms with Crippen LogP contribution in [0.3, 0.4) is 0 Å². The van der Waals surface area contributed by atoms with E-state index in [1.807, 2.05) is 38.2 Å². The predicted molar refractivity (Wildman–Crippen MR) is 105 cm³/mol. The van der Waals surface area contributed by atoms with Gasteiger partial charge in [0, 0.05) is 30.1 Å². The summed E-state index contributed by atoms with van der Waals surface area (Å²) >= 11 is 0. The first-order chi connectivity index (χ1) is 13.0. The fourth-order valence-electron chi connectivity index (χ4n) is 2.84. The lowest BCUT2D eigenvalue weighted by Crippen LogP contribution is -2.08. The van der Waals surface area contributed by atoms with Crippen molar-refractivity contribution in [2.45, 2.75) is 40.0 Å². The first kappa shape index (κ1) is 19.0. The average Bonchev–Trinajstić information content (AvgIpc) is 3.11. The maximum atomic E-state index is 13.1. The maximum absolute atomic E-state index is 13.1. The van der Waals surface area contributed by atoms with Gasteiger partial charge in [-0.3, -0.25) is 0 Å². The van der Waals surface area contributed by atoms with Crippen LogP contribution in [0.2, 0.25) is 0 Å². The van der Waals surface area contributed by atoms with Gasteiger partial charge in [0.15, 0.2) is 0 Å². The monoisotopic (exact) mass is 368 g/mol. The summed E-state index contributed by atoms with van der Waals surface area (Å²) in [4.78, 5) is 4.57. The Kier molecular flexibility index (Phi) is 6.19. The minimum atomic E-state index is -0.236. The summed E-state index contributed by atoms with van der Waals surface area (Å²) in [5.41, 5.74) is 3.76. The van der Waals surface area contributed by atoms with E-state index in [0.29, 0.717) is 6.73 Å². The smallest absolute Gasteiger partial charge is 0.139 e. The zero-order valence-electron chi connectivity index (χ0n) is 15.9. The molecule has 0 amide bonds. The molecule has 1 N–H and O–H groups in total. The van der Waals surface area contributed by atoms with Crippen LogP contribution in [0, 0.1) is 12.7 Å². The number of hydrogen-bond acceptors (Lipinski definition) is 4. The van der Waals surface area contributed by atoms with Crippen LogP contribution >= 0.6 is 0 Å². The molecule has 0 bridgehead atoms. The van der Waals surface area contributed by atoms with E-state index in [9.17, 15) is 4.39 Å². The third kappa shape index (κ3) is 5.14. The zero-order chi connectivity index (χ0) is 19.2. The number of ether oxygens (including phenoxy) is 1. The molecule has 0 spiro atoms. The van der Waals surface area contributed by atoms with Crippen LogP contribution in [-0.2, 0) is 11.5 Å². The lowest BCUT2D eigenvalue weighted by Gasteiger charge is -2.16. The van der Waals surface area contributed by atoms with E-state index in [0.717, 1.165) is 41.4 Å². The molecule has 1 atom stereocenters. The van der Waals surface area contributed by atoms with Gasteiger partial charge in [0.05, 0.1) is 5.69 Å². The molecule has 5 nitrogen and oxygen atoms in total. The Morgan fingerprint density at radius 2 is 1.96 bits per heavy atom. The largest absolute Gasteiger partial charge is 0.364 e. The van der Waals surface area contributed by atoms with Crippen LogP contribution in [-0.4, -0.2) is 21.4 Å². The molecular weight excluding hydrogens is 343 g/mol. The van der Waals surface area contributed by atoms with Gasteiger partial charge < -0.3 is 10.1 Å². The minimum absolute atomic E-state index is 0.00718. The van der Waals surface area contributed by atoms with Crippen LogP contribution < -0.4 is 5.32 Å². The molecule has 27 heavy (non-hydrogen) atoms. The minimum Gasteiger partial charge on any atom is -0.364 e. The Morgan fingerprint density at radius 3 is 2.70 bits per heavy atom. The summed E-state index contributed by atoms with van der Waals surface area (Å²) in [5, 5.41) is 7.96. The van der Waals surface area contributed by atoms with Crippen LogP contribution in [0.1, 0.15) is 37.6 Å². The number of nitrogens with one attached hydrogen (secondary N) is 1. The van der Waals surface area contributed by atoms with Gasteiger partial charge in [-0.2, -0.15) is 5.10 Å². The second-order valence-corrected chi connectivity index (χ2v) is 6.58. The van der Waals surface area contributed by atoms with Crippen molar-refractivity contribution in [2.24, 2.45) is 0 Å². The molecule has 3 aromatic rings. The number of pyridine rings is 1. The number of benzene rings is 1. The van der Waals surface area contributed by atoms with Gasteiger partial charge in [-0.05, 0) is 56.2 Å². The molecule has 0 unspecified atom stereocenters. The van der Waals surface area contributed by atoms with Gasteiger partial charge in [0.1, 0.15) is 18.4 Å². The van der Waals surface area contributed by atoms with Gasteiger partial charge in [-0.15, -0.1) is 0 Å². The fourth-order valence-corrected chi connectivity index (χ4v) is 2.84. The molecule has 0 saturated carbocycles. The van der Waals surface area contributed by atoms with E-state index in [1.54, 1.807) is 16.8 Å². The summed E-state index contributed by atoms with van der Waals surface area (Å²) in [6, 6.07) is 12.5. The summed E-state index contributed by atoms with van der Waals surface area (Å²) < 4.78 is 20.4. The molecule has 6 heteroatoms. The molecular formula is C21H25FN4O. The highest BCUT2D eigenvalue weighted by atomic mass is 19.1. The molecule has 1 aromatic carbocycles. The van der Waals surface area contributed by atoms with E-state index >= 15 is 0 Å². The third-order valence-corrected chi connectivity index (χ3v) is 4.20. The maximum Gasteiger partial charge on any atom is 0.139 e. The molecule has 0 aliphatic rings. The highest BCUT2D eigenvalue weighted by molar-refractivity contribution is 5.63. The SMILES string of the molecule is CCCOCn1ccc(-c2cc(C)nc(N[C@@H](C)c3ccc(F)cc3)c2)n1. The Labute approximate surface area is 159 Å². The van der Waals surface area contributed by atoms with Crippen molar-refractivity contribution in [3.8, 4) is 11.3 Å². The standard InChI is InChI=1S/C21H25FN4O/c1-4-11-27-14-26-10-9-20(25-26)18-12-15(2)23-21(13-18)24-16(3)17-5-7-19(22)8-6-17/h5-10,12-13,16H,4,11,14H2,1-3H3,(H,23,24)/t16-/m0/s1. The van der Waals surface area contributed by atoms with E-state index < -0.39 is 0 Å². The predicted octanol–water partition coefficient (Wildman–Crippen LogP) is 4.95. The second-order valence-electron chi connectivity index (χ2n) is 6.58. The topological polar surface area (TPSA) is 52.0 Å². The fraction of sp³-hybridized carbons (Fsp3) is 0.333. The number of hydrogen-bond donors (Lipinski definition) is 1. The van der Waals surface area contributed by atoms with E-state index in [-0.39, 0.29) is 11.9 Å². The van der Waals surface area contributed by atoms with E-state index in [2.05, 4.69) is 22.3 Å². The van der Waals surface area contributed by atoms with Crippen molar-refractivity contribution in [2.75, 3.05) is 11.9 Å². The summed E-state index contributed by atoms with van der Waals surface area (Å²) in [6.07, 6.45) is 2.90. The van der Waals surface area contributed by atoms with Gasteiger partial charge in [-0.1, -0.05) is 19.1 Å². The van der Waals surface area contributed by atoms with Crippen molar-refractivity contribution >= 4 is 5.82 Å². The Balaban J connectivity index is 1.75. The highest BCUT2D eigenvalue weighted by Gasteiger charge is 2.10. The lowest BCUT2D eigenvalue weighted by molar-refractivity contribution is 0.0695. The van der Waals surface area contributed by atoms with Gasteiger partial charge in [-0.25, -0.2) is 14.1 Å². The highest BCUT2D eigenvalue weighted by Crippen LogP contribution is 2.24.